The number of carbonyl (C=O) groups excluding carboxylic acids is 1. The second kappa shape index (κ2) is 9.28. The molecule has 1 amide bonds. The Kier molecular flexibility index (Phi) is 8.02. The molecule has 0 aromatic heterocycles. The number of nitrogens with one attached hydrogen (secondary N) is 1. The van der Waals surface area contributed by atoms with Crippen molar-refractivity contribution in [1.29, 1.82) is 0 Å². The molecule has 1 aliphatic heterocycles. The summed E-state index contributed by atoms with van der Waals surface area (Å²) in [6.45, 7) is 10.9. The minimum atomic E-state index is 0.219. The van der Waals surface area contributed by atoms with Crippen molar-refractivity contribution in [2.24, 2.45) is 5.92 Å². The molecule has 0 aromatic carbocycles. The molecule has 1 saturated heterocycles. The lowest BCUT2D eigenvalue weighted by molar-refractivity contribution is -0.131. The summed E-state index contributed by atoms with van der Waals surface area (Å²) in [6, 6.07) is 0. The van der Waals surface area contributed by atoms with Crippen molar-refractivity contribution >= 4 is 5.91 Å². The van der Waals surface area contributed by atoms with Crippen molar-refractivity contribution in [2.75, 3.05) is 59.5 Å². The Morgan fingerprint density at radius 1 is 1.26 bits per heavy atom. The average Bonchev–Trinajstić information content (AvgIpc) is 2.38. The second-order valence-corrected chi connectivity index (χ2v) is 5.68. The van der Waals surface area contributed by atoms with Gasteiger partial charge in [0.25, 0.3) is 0 Å². The maximum atomic E-state index is 11.9. The van der Waals surface area contributed by atoms with Gasteiger partial charge in [0.1, 0.15) is 0 Å². The molecule has 5 heteroatoms. The van der Waals surface area contributed by atoms with E-state index in [1.165, 1.54) is 0 Å². The van der Waals surface area contributed by atoms with Crippen LogP contribution in [0.5, 0.6) is 0 Å². The predicted octanol–water partition coefficient (Wildman–Crippen LogP) is 0.413. The molecular formula is C14H29N3O2. The van der Waals surface area contributed by atoms with E-state index < -0.39 is 0 Å². The summed E-state index contributed by atoms with van der Waals surface area (Å²) in [5, 5.41) is 3.20. The molecule has 19 heavy (non-hydrogen) atoms. The highest BCUT2D eigenvalue weighted by Gasteiger charge is 2.17. The molecule has 0 aliphatic carbocycles. The smallest absolute Gasteiger partial charge is 0.236 e. The number of piperazine rings is 1. The first-order chi connectivity index (χ1) is 9.09. The monoisotopic (exact) mass is 271 g/mol. The lowest BCUT2D eigenvalue weighted by Crippen LogP contribution is -2.49. The van der Waals surface area contributed by atoms with Crippen molar-refractivity contribution in [3.05, 3.63) is 0 Å². The van der Waals surface area contributed by atoms with E-state index >= 15 is 0 Å². The molecule has 0 saturated carbocycles. The first-order valence-corrected chi connectivity index (χ1v) is 7.34. The Morgan fingerprint density at radius 3 is 2.58 bits per heavy atom. The van der Waals surface area contributed by atoms with Crippen LogP contribution in [0.15, 0.2) is 0 Å². The molecule has 1 fully saturated rings. The van der Waals surface area contributed by atoms with Crippen LogP contribution in [0.4, 0.5) is 0 Å². The van der Waals surface area contributed by atoms with Crippen molar-refractivity contribution in [3.63, 3.8) is 0 Å². The third-order valence-electron chi connectivity index (χ3n) is 3.23. The van der Waals surface area contributed by atoms with E-state index in [-0.39, 0.29) is 5.91 Å². The van der Waals surface area contributed by atoms with E-state index in [4.69, 9.17) is 4.74 Å². The van der Waals surface area contributed by atoms with Gasteiger partial charge in [-0.15, -0.1) is 0 Å². The largest absolute Gasteiger partial charge is 0.381 e. The van der Waals surface area contributed by atoms with E-state index in [9.17, 15) is 4.79 Å². The maximum Gasteiger partial charge on any atom is 0.236 e. The maximum absolute atomic E-state index is 11.9. The van der Waals surface area contributed by atoms with Gasteiger partial charge in [-0.1, -0.05) is 13.8 Å². The van der Waals surface area contributed by atoms with Crippen molar-refractivity contribution in [2.45, 2.75) is 20.3 Å². The van der Waals surface area contributed by atoms with Gasteiger partial charge in [-0.3, -0.25) is 4.79 Å². The Hall–Kier alpha value is -0.650. The minimum absolute atomic E-state index is 0.219. The van der Waals surface area contributed by atoms with Crippen LogP contribution in [0, 0.1) is 5.92 Å². The van der Waals surface area contributed by atoms with Gasteiger partial charge in [-0.05, 0) is 25.9 Å². The summed E-state index contributed by atoms with van der Waals surface area (Å²) in [5.41, 5.74) is 0. The zero-order valence-electron chi connectivity index (χ0n) is 12.7. The minimum Gasteiger partial charge on any atom is -0.381 e. The number of likely N-dealkylation sites (N-methyl/N-ethyl adjacent to an activating group) is 1. The Bertz CT molecular complexity index is 251. The summed E-state index contributed by atoms with van der Waals surface area (Å²) < 4.78 is 5.49. The van der Waals surface area contributed by atoms with Crippen LogP contribution in [-0.2, 0) is 9.53 Å². The zero-order valence-corrected chi connectivity index (χ0v) is 12.7. The molecule has 112 valence electrons. The summed E-state index contributed by atoms with van der Waals surface area (Å²) in [7, 11) is 2.09. The number of hydrogen-bond donors (Lipinski definition) is 1. The average molecular weight is 271 g/mol. The molecule has 0 spiro atoms. The summed E-state index contributed by atoms with van der Waals surface area (Å²) >= 11 is 0. The van der Waals surface area contributed by atoms with Crippen molar-refractivity contribution < 1.29 is 9.53 Å². The molecule has 0 radical (unpaired) electrons. The molecule has 0 unspecified atom stereocenters. The van der Waals surface area contributed by atoms with E-state index in [1.807, 2.05) is 4.90 Å². The van der Waals surface area contributed by atoms with E-state index in [1.54, 1.807) is 0 Å². The van der Waals surface area contributed by atoms with Gasteiger partial charge >= 0.3 is 0 Å². The lowest BCUT2D eigenvalue weighted by atomic mass is 10.2. The van der Waals surface area contributed by atoms with Crippen LogP contribution in [0.3, 0.4) is 0 Å². The van der Waals surface area contributed by atoms with Crippen molar-refractivity contribution in [1.82, 2.24) is 15.1 Å². The van der Waals surface area contributed by atoms with Crippen LogP contribution < -0.4 is 5.32 Å². The summed E-state index contributed by atoms with van der Waals surface area (Å²) in [5.74, 6) is 0.808. The molecule has 1 N–H and O–H groups in total. The van der Waals surface area contributed by atoms with Crippen LogP contribution in [0.2, 0.25) is 0 Å². The summed E-state index contributed by atoms with van der Waals surface area (Å²) in [4.78, 5) is 16.1. The van der Waals surface area contributed by atoms with Gasteiger partial charge in [0.2, 0.25) is 5.91 Å². The van der Waals surface area contributed by atoms with Crippen LogP contribution in [-0.4, -0.2) is 75.2 Å². The van der Waals surface area contributed by atoms with Crippen molar-refractivity contribution in [3.8, 4) is 0 Å². The van der Waals surface area contributed by atoms with Gasteiger partial charge in [0, 0.05) is 39.4 Å². The Morgan fingerprint density at radius 2 is 1.95 bits per heavy atom. The molecule has 1 heterocycles. The number of carbonyl (C=O) groups is 1. The van der Waals surface area contributed by atoms with Gasteiger partial charge in [0.05, 0.1) is 6.54 Å². The van der Waals surface area contributed by atoms with E-state index in [0.717, 1.165) is 52.4 Å². The van der Waals surface area contributed by atoms with E-state index in [2.05, 4.69) is 31.1 Å². The van der Waals surface area contributed by atoms with Crippen LogP contribution in [0.1, 0.15) is 20.3 Å². The predicted molar refractivity (Wildman–Crippen MR) is 77.2 cm³/mol. The number of rotatable bonds is 8. The topological polar surface area (TPSA) is 44.8 Å². The molecule has 0 atom stereocenters. The van der Waals surface area contributed by atoms with E-state index in [0.29, 0.717) is 12.5 Å². The molecule has 1 rings (SSSR count). The van der Waals surface area contributed by atoms with Gasteiger partial charge < -0.3 is 19.9 Å². The number of ether oxygens (including phenoxy) is 1. The van der Waals surface area contributed by atoms with Gasteiger partial charge in [0.15, 0.2) is 0 Å². The van der Waals surface area contributed by atoms with Crippen LogP contribution in [0.25, 0.3) is 0 Å². The molecule has 0 bridgehead atoms. The SMILES string of the molecule is CC(C)COCCCNCC(=O)N1CCN(C)CC1. The molecular weight excluding hydrogens is 242 g/mol. The lowest BCUT2D eigenvalue weighted by Gasteiger charge is -2.32. The van der Waals surface area contributed by atoms with Gasteiger partial charge in [-0.2, -0.15) is 0 Å². The quantitative estimate of drug-likeness (QED) is 0.650. The van der Waals surface area contributed by atoms with Crippen LogP contribution >= 0.6 is 0 Å². The number of hydrogen-bond acceptors (Lipinski definition) is 4. The third kappa shape index (κ3) is 7.50. The highest BCUT2D eigenvalue weighted by Crippen LogP contribution is 1.99. The highest BCUT2D eigenvalue weighted by molar-refractivity contribution is 5.78. The first kappa shape index (κ1) is 16.4. The Balaban J connectivity index is 1.95. The normalized spacial score (nSPS) is 17.2. The third-order valence-corrected chi connectivity index (χ3v) is 3.23. The molecule has 0 aromatic rings. The fourth-order valence-electron chi connectivity index (χ4n) is 1.98. The second-order valence-electron chi connectivity index (χ2n) is 5.68. The summed E-state index contributed by atoms with van der Waals surface area (Å²) in [6.07, 6.45) is 0.961. The Labute approximate surface area is 117 Å². The fourth-order valence-corrected chi connectivity index (χ4v) is 1.98. The number of amides is 1. The number of nitrogens with zero attached hydrogens (tertiary/aromatic N) is 2. The van der Waals surface area contributed by atoms with Gasteiger partial charge in [-0.25, -0.2) is 0 Å². The highest BCUT2D eigenvalue weighted by atomic mass is 16.5. The molecule has 1 aliphatic rings. The standard InChI is InChI=1S/C14H29N3O2/c1-13(2)12-19-10-4-5-15-11-14(18)17-8-6-16(3)7-9-17/h13,15H,4-12H2,1-3H3. The molecule has 5 nitrogen and oxygen atoms in total. The fraction of sp³-hybridized carbons (Fsp3) is 0.929. The zero-order chi connectivity index (χ0) is 14.1. The first-order valence-electron chi connectivity index (χ1n) is 7.34.